The number of aryl methyl sites for hydroxylation is 1. The van der Waals surface area contributed by atoms with Crippen molar-refractivity contribution < 1.29 is 4.79 Å². The molecule has 1 saturated heterocycles. The molecule has 0 aliphatic carbocycles. The average molecular weight is 380 g/mol. The van der Waals surface area contributed by atoms with E-state index in [0.29, 0.717) is 24.8 Å². The molecule has 0 radical (unpaired) electrons. The van der Waals surface area contributed by atoms with Crippen LogP contribution in [0.15, 0.2) is 47.4 Å². The Morgan fingerprint density at radius 2 is 1.78 bits per heavy atom. The number of thiocarbonyl (C=S) groups is 1. The second-order valence-corrected chi connectivity index (χ2v) is 7.48. The molecule has 0 saturated carbocycles. The number of rotatable bonds is 2. The molecule has 0 aromatic heterocycles. The quantitative estimate of drug-likeness (QED) is 0.492. The van der Waals surface area contributed by atoms with Gasteiger partial charge < -0.3 is 0 Å². The van der Waals surface area contributed by atoms with E-state index in [9.17, 15) is 4.79 Å². The van der Waals surface area contributed by atoms with Crippen molar-refractivity contribution in [2.45, 2.75) is 6.92 Å². The molecular weight excluding hydrogens is 369 g/mol. The molecule has 0 N–H and O–H groups in total. The van der Waals surface area contributed by atoms with Crippen LogP contribution in [0.5, 0.6) is 0 Å². The predicted molar refractivity (Wildman–Crippen MR) is 103 cm³/mol. The van der Waals surface area contributed by atoms with E-state index in [2.05, 4.69) is 0 Å². The third kappa shape index (κ3) is 3.31. The lowest BCUT2D eigenvalue weighted by Crippen LogP contribution is -2.27. The largest absolute Gasteiger partial charge is 0.270 e. The Kier molecular flexibility index (Phi) is 4.78. The second kappa shape index (κ2) is 6.65. The second-order valence-electron chi connectivity index (χ2n) is 4.99. The molecule has 1 aliphatic rings. The Balaban J connectivity index is 2.00. The first-order valence-electron chi connectivity index (χ1n) is 6.76. The van der Waals surface area contributed by atoms with Crippen molar-refractivity contribution in [3.8, 4) is 0 Å². The molecule has 1 aliphatic heterocycles. The SMILES string of the molecule is Cc1cccc(N2C(=O)C(=Cc3c(Cl)cccc3Cl)SC2=S)c1. The number of hydrogen-bond acceptors (Lipinski definition) is 3. The summed E-state index contributed by atoms with van der Waals surface area (Å²) in [4.78, 5) is 14.8. The molecule has 23 heavy (non-hydrogen) atoms. The number of halogens is 2. The fraction of sp³-hybridized carbons (Fsp3) is 0.0588. The van der Waals surface area contributed by atoms with Crippen LogP contribution in [0.25, 0.3) is 6.08 Å². The van der Waals surface area contributed by atoms with Crippen LogP contribution < -0.4 is 4.90 Å². The number of benzene rings is 2. The van der Waals surface area contributed by atoms with Gasteiger partial charge in [0.2, 0.25) is 0 Å². The van der Waals surface area contributed by atoms with Crippen LogP contribution in [-0.2, 0) is 4.79 Å². The summed E-state index contributed by atoms with van der Waals surface area (Å²) in [6.07, 6.45) is 1.69. The zero-order chi connectivity index (χ0) is 16.6. The summed E-state index contributed by atoms with van der Waals surface area (Å²) in [6.45, 7) is 1.97. The highest BCUT2D eigenvalue weighted by Gasteiger charge is 2.33. The van der Waals surface area contributed by atoms with E-state index in [0.717, 1.165) is 11.3 Å². The number of carbonyl (C=O) groups excluding carboxylic acids is 1. The van der Waals surface area contributed by atoms with Crippen LogP contribution in [0.2, 0.25) is 10.0 Å². The summed E-state index contributed by atoms with van der Waals surface area (Å²) in [7, 11) is 0. The molecule has 2 aromatic rings. The normalized spacial score (nSPS) is 16.5. The predicted octanol–water partition coefficient (Wildman–Crippen LogP) is 5.71. The van der Waals surface area contributed by atoms with Gasteiger partial charge in [0, 0.05) is 15.6 Å². The molecule has 3 rings (SSSR count). The summed E-state index contributed by atoms with van der Waals surface area (Å²) in [5, 5.41) is 0.997. The number of amides is 1. The van der Waals surface area contributed by atoms with Crippen molar-refractivity contribution in [3.63, 3.8) is 0 Å². The lowest BCUT2D eigenvalue weighted by molar-refractivity contribution is -0.113. The van der Waals surface area contributed by atoms with E-state index >= 15 is 0 Å². The maximum Gasteiger partial charge on any atom is 0.270 e. The molecular formula is C17H11Cl2NOS2. The molecule has 116 valence electrons. The number of hydrogen-bond donors (Lipinski definition) is 0. The number of anilines is 1. The van der Waals surface area contributed by atoms with Crippen molar-refractivity contribution in [1.29, 1.82) is 0 Å². The lowest BCUT2D eigenvalue weighted by atomic mass is 10.2. The van der Waals surface area contributed by atoms with Crippen LogP contribution in [0, 0.1) is 6.92 Å². The lowest BCUT2D eigenvalue weighted by Gasteiger charge is -2.14. The van der Waals surface area contributed by atoms with Gasteiger partial charge in [-0.25, -0.2) is 0 Å². The zero-order valence-corrected chi connectivity index (χ0v) is 15.2. The smallest absolute Gasteiger partial charge is 0.268 e. The van der Waals surface area contributed by atoms with Crippen LogP contribution in [-0.4, -0.2) is 10.2 Å². The van der Waals surface area contributed by atoms with Gasteiger partial charge in [-0.1, -0.05) is 65.4 Å². The third-order valence-corrected chi connectivity index (χ3v) is 5.29. The standard InChI is InChI=1S/C17H11Cl2NOS2/c1-10-4-2-5-11(8-10)20-16(21)15(23-17(20)22)9-12-13(18)6-3-7-14(12)19/h2-9H,1H3. The summed E-state index contributed by atoms with van der Waals surface area (Å²) in [5.74, 6) is -0.165. The van der Waals surface area contributed by atoms with E-state index in [1.165, 1.54) is 16.7 Å². The molecule has 0 bridgehead atoms. The Bertz CT molecular complexity index is 828. The van der Waals surface area contributed by atoms with Crippen molar-refractivity contribution in [3.05, 3.63) is 68.5 Å². The topological polar surface area (TPSA) is 20.3 Å². The Hall–Kier alpha value is -1.33. The summed E-state index contributed by atoms with van der Waals surface area (Å²) < 4.78 is 0.495. The molecule has 6 heteroatoms. The highest BCUT2D eigenvalue weighted by molar-refractivity contribution is 8.27. The average Bonchev–Trinajstić information content (AvgIpc) is 2.77. The van der Waals surface area contributed by atoms with Crippen LogP contribution in [0.3, 0.4) is 0 Å². The minimum Gasteiger partial charge on any atom is -0.268 e. The first-order chi connectivity index (χ1) is 11.0. The number of nitrogens with zero attached hydrogens (tertiary/aromatic N) is 1. The molecule has 2 nitrogen and oxygen atoms in total. The highest BCUT2D eigenvalue weighted by atomic mass is 35.5. The van der Waals surface area contributed by atoms with Gasteiger partial charge in [0.1, 0.15) is 0 Å². The maximum absolute atomic E-state index is 12.7. The summed E-state index contributed by atoms with van der Waals surface area (Å²) in [6, 6.07) is 12.9. The minimum atomic E-state index is -0.165. The maximum atomic E-state index is 12.7. The fourth-order valence-electron chi connectivity index (χ4n) is 2.24. The summed E-state index contributed by atoms with van der Waals surface area (Å²) >= 11 is 18.9. The van der Waals surface area contributed by atoms with Crippen LogP contribution >= 0.6 is 47.2 Å². The molecule has 1 heterocycles. The molecule has 0 spiro atoms. The monoisotopic (exact) mass is 379 g/mol. The van der Waals surface area contributed by atoms with Crippen LogP contribution in [0.4, 0.5) is 5.69 Å². The first kappa shape index (κ1) is 16.5. The Morgan fingerprint density at radius 1 is 1.13 bits per heavy atom. The van der Waals surface area contributed by atoms with Gasteiger partial charge in [0.15, 0.2) is 4.32 Å². The van der Waals surface area contributed by atoms with Gasteiger partial charge >= 0.3 is 0 Å². The van der Waals surface area contributed by atoms with Crippen molar-refractivity contribution in [2.24, 2.45) is 0 Å². The third-order valence-electron chi connectivity index (χ3n) is 3.33. The van der Waals surface area contributed by atoms with Crippen LogP contribution in [0.1, 0.15) is 11.1 Å². The van der Waals surface area contributed by atoms with E-state index in [4.69, 9.17) is 35.4 Å². The zero-order valence-electron chi connectivity index (χ0n) is 12.0. The minimum absolute atomic E-state index is 0.165. The van der Waals surface area contributed by atoms with E-state index in [1.807, 2.05) is 31.2 Å². The molecule has 1 amide bonds. The van der Waals surface area contributed by atoms with Gasteiger partial charge in [-0.3, -0.25) is 9.69 Å². The van der Waals surface area contributed by atoms with Gasteiger partial charge in [0.05, 0.1) is 10.6 Å². The van der Waals surface area contributed by atoms with Gasteiger partial charge in [0.25, 0.3) is 5.91 Å². The van der Waals surface area contributed by atoms with Crippen molar-refractivity contribution in [1.82, 2.24) is 0 Å². The number of carbonyl (C=O) groups is 1. The van der Waals surface area contributed by atoms with Crippen molar-refractivity contribution in [2.75, 3.05) is 4.90 Å². The Morgan fingerprint density at radius 3 is 2.43 bits per heavy atom. The first-order valence-corrected chi connectivity index (χ1v) is 8.74. The fourth-order valence-corrected chi connectivity index (χ4v) is 4.02. The van der Waals surface area contributed by atoms with Crippen molar-refractivity contribution >= 4 is 69.2 Å². The molecule has 1 fully saturated rings. The summed E-state index contributed by atoms with van der Waals surface area (Å²) in [5.41, 5.74) is 2.46. The Labute approximate surface area is 154 Å². The van der Waals surface area contributed by atoms with Gasteiger partial charge in [-0.15, -0.1) is 0 Å². The highest BCUT2D eigenvalue weighted by Crippen LogP contribution is 2.38. The van der Waals surface area contributed by atoms with E-state index in [1.54, 1.807) is 24.3 Å². The van der Waals surface area contributed by atoms with E-state index < -0.39 is 0 Å². The van der Waals surface area contributed by atoms with E-state index in [-0.39, 0.29) is 5.91 Å². The van der Waals surface area contributed by atoms with Gasteiger partial charge in [-0.2, -0.15) is 0 Å². The molecule has 0 unspecified atom stereocenters. The molecule has 0 atom stereocenters. The molecule has 2 aromatic carbocycles. The number of thioether (sulfide) groups is 1. The van der Waals surface area contributed by atoms with Gasteiger partial charge in [-0.05, 0) is 42.8 Å².